The van der Waals surface area contributed by atoms with E-state index in [2.05, 4.69) is 20.9 Å². The minimum absolute atomic E-state index is 0.0562. The van der Waals surface area contributed by atoms with Crippen molar-refractivity contribution < 1.29 is 14.6 Å². The van der Waals surface area contributed by atoms with Gasteiger partial charge in [-0.3, -0.25) is 0 Å². The Hall–Kier alpha value is -1.10. The zero-order valence-corrected chi connectivity index (χ0v) is 7.83. The van der Waals surface area contributed by atoms with Gasteiger partial charge in [0.05, 0.1) is 7.11 Å². The van der Waals surface area contributed by atoms with Gasteiger partial charge in [0.15, 0.2) is 0 Å². The molecule has 0 spiro atoms. The number of hydrogen-bond acceptors (Lipinski definition) is 3. The summed E-state index contributed by atoms with van der Waals surface area (Å²) in [5, 5.41) is 8.65. The molecule has 0 radical (unpaired) electrons. The normalized spacial score (nSPS) is 9.50. The predicted molar refractivity (Wildman–Crippen MR) is 45.4 cm³/mol. The zero-order chi connectivity index (χ0) is 9.14. The molecule has 0 unspecified atom stereocenters. The number of rotatable bonds is 2. The molecule has 0 bridgehead atoms. The number of methoxy groups -OCH3 is 1. The van der Waals surface area contributed by atoms with Gasteiger partial charge in [-0.25, -0.2) is 9.78 Å². The Morgan fingerprint density at radius 1 is 1.67 bits per heavy atom. The van der Waals surface area contributed by atoms with Crippen LogP contribution in [0, 0.1) is 0 Å². The second-order valence-corrected chi connectivity index (χ2v) is 2.81. The van der Waals surface area contributed by atoms with Crippen LogP contribution >= 0.6 is 15.9 Å². The Morgan fingerprint density at radius 2 is 2.33 bits per heavy atom. The van der Waals surface area contributed by atoms with E-state index < -0.39 is 5.97 Å². The number of ether oxygens (including phenoxy) is 1. The maximum Gasteiger partial charge on any atom is 0.341 e. The monoisotopic (exact) mass is 231 g/mol. The van der Waals surface area contributed by atoms with E-state index in [1.165, 1.54) is 13.2 Å². The molecule has 0 fully saturated rings. The summed E-state index contributed by atoms with van der Waals surface area (Å²) in [7, 11) is 1.38. The molecule has 1 heterocycles. The van der Waals surface area contributed by atoms with Crippen molar-refractivity contribution in [2.75, 3.05) is 7.11 Å². The number of aromatic nitrogens is 1. The first-order chi connectivity index (χ1) is 5.65. The smallest absolute Gasteiger partial charge is 0.341 e. The van der Waals surface area contributed by atoms with Gasteiger partial charge in [-0.15, -0.1) is 0 Å². The van der Waals surface area contributed by atoms with E-state index in [9.17, 15) is 4.79 Å². The minimum Gasteiger partial charge on any atom is -0.480 e. The van der Waals surface area contributed by atoms with Gasteiger partial charge < -0.3 is 9.84 Å². The third-order valence-electron chi connectivity index (χ3n) is 1.25. The maximum atomic E-state index is 10.6. The molecule has 64 valence electrons. The van der Waals surface area contributed by atoms with Crippen LogP contribution in [-0.4, -0.2) is 23.2 Å². The fraction of sp³-hybridized carbons (Fsp3) is 0.143. The lowest BCUT2D eigenvalue weighted by molar-refractivity contribution is 0.0692. The van der Waals surface area contributed by atoms with E-state index in [-0.39, 0.29) is 11.4 Å². The molecule has 0 aromatic carbocycles. The molecule has 1 aromatic heterocycles. The number of pyridine rings is 1. The molecule has 0 saturated heterocycles. The third kappa shape index (κ3) is 1.73. The van der Waals surface area contributed by atoms with Gasteiger partial charge in [0.25, 0.3) is 0 Å². The van der Waals surface area contributed by atoms with Crippen LogP contribution in [0.15, 0.2) is 16.7 Å². The molecular formula is C7H6BrNO3. The van der Waals surface area contributed by atoms with Crippen LogP contribution in [-0.2, 0) is 0 Å². The third-order valence-corrected chi connectivity index (χ3v) is 1.69. The van der Waals surface area contributed by atoms with Crippen molar-refractivity contribution in [2.45, 2.75) is 0 Å². The molecule has 1 N–H and O–H groups in total. The van der Waals surface area contributed by atoms with Crippen molar-refractivity contribution in [3.05, 3.63) is 22.3 Å². The number of halogens is 1. The minimum atomic E-state index is -1.05. The first-order valence-electron chi connectivity index (χ1n) is 3.09. The molecule has 0 aliphatic rings. The summed E-state index contributed by atoms with van der Waals surface area (Å²) in [5.74, 6) is -0.941. The highest BCUT2D eigenvalue weighted by atomic mass is 79.9. The molecule has 1 rings (SSSR count). The number of nitrogens with zero attached hydrogens (tertiary/aromatic N) is 1. The first kappa shape index (κ1) is 8.99. The average molecular weight is 232 g/mol. The number of carboxylic acids is 1. The van der Waals surface area contributed by atoms with Gasteiger partial charge in [-0.05, 0) is 28.1 Å². The summed E-state index contributed by atoms with van der Waals surface area (Å²) in [6, 6.07) is 2.98. The first-order valence-corrected chi connectivity index (χ1v) is 3.88. The molecule has 0 amide bonds. The van der Waals surface area contributed by atoms with Crippen molar-refractivity contribution in [3.8, 4) is 5.88 Å². The Kier molecular flexibility index (Phi) is 2.65. The van der Waals surface area contributed by atoms with E-state index in [0.29, 0.717) is 4.60 Å². The topological polar surface area (TPSA) is 59.4 Å². The highest BCUT2D eigenvalue weighted by molar-refractivity contribution is 9.10. The lowest BCUT2D eigenvalue weighted by Crippen LogP contribution is -2.02. The van der Waals surface area contributed by atoms with Gasteiger partial charge >= 0.3 is 5.97 Å². The quantitative estimate of drug-likeness (QED) is 0.786. The number of aromatic carboxylic acids is 1. The van der Waals surface area contributed by atoms with Crippen molar-refractivity contribution in [2.24, 2.45) is 0 Å². The summed E-state index contributed by atoms with van der Waals surface area (Å²) in [5.41, 5.74) is 0.0562. The fourth-order valence-corrected chi connectivity index (χ4v) is 1.03. The Labute approximate surface area is 77.3 Å². The van der Waals surface area contributed by atoms with Gasteiger partial charge in [-0.1, -0.05) is 0 Å². The second kappa shape index (κ2) is 3.53. The molecule has 1 aromatic rings. The molecule has 4 nitrogen and oxygen atoms in total. The number of carbonyl (C=O) groups is 1. The summed E-state index contributed by atoms with van der Waals surface area (Å²) >= 11 is 3.10. The maximum absolute atomic E-state index is 10.6. The predicted octanol–water partition coefficient (Wildman–Crippen LogP) is 1.55. The van der Waals surface area contributed by atoms with Crippen LogP contribution in [0.25, 0.3) is 0 Å². The summed E-state index contributed by atoms with van der Waals surface area (Å²) in [6.07, 6.45) is 0. The van der Waals surface area contributed by atoms with E-state index in [1.54, 1.807) is 6.07 Å². The van der Waals surface area contributed by atoms with Crippen LogP contribution in [0.1, 0.15) is 10.4 Å². The SMILES string of the molecule is COc1nc(Br)ccc1C(=O)O. The lowest BCUT2D eigenvalue weighted by atomic mass is 10.3. The van der Waals surface area contributed by atoms with Crippen molar-refractivity contribution in [1.82, 2.24) is 4.98 Å². The Bertz CT molecular complexity index is 314. The van der Waals surface area contributed by atoms with E-state index >= 15 is 0 Å². The molecule has 5 heteroatoms. The van der Waals surface area contributed by atoms with Crippen LogP contribution in [0.3, 0.4) is 0 Å². The van der Waals surface area contributed by atoms with Crippen LogP contribution in [0.4, 0.5) is 0 Å². The summed E-state index contributed by atoms with van der Waals surface area (Å²) in [6.45, 7) is 0. The summed E-state index contributed by atoms with van der Waals surface area (Å²) < 4.78 is 5.31. The number of hydrogen-bond donors (Lipinski definition) is 1. The van der Waals surface area contributed by atoms with Gasteiger partial charge in [0, 0.05) is 0 Å². The number of carboxylic acid groups (broad SMARTS) is 1. The molecule has 0 aliphatic heterocycles. The fourth-order valence-electron chi connectivity index (χ4n) is 0.736. The molecule has 0 aliphatic carbocycles. The Balaban J connectivity index is 3.20. The highest BCUT2D eigenvalue weighted by Gasteiger charge is 2.11. The van der Waals surface area contributed by atoms with Crippen molar-refractivity contribution in [1.29, 1.82) is 0 Å². The van der Waals surface area contributed by atoms with Gasteiger partial charge in [-0.2, -0.15) is 0 Å². The van der Waals surface area contributed by atoms with E-state index in [4.69, 9.17) is 9.84 Å². The van der Waals surface area contributed by atoms with Crippen molar-refractivity contribution >= 4 is 21.9 Å². The van der Waals surface area contributed by atoms with Gasteiger partial charge in [0.2, 0.25) is 5.88 Å². The van der Waals surface area contributed by atoms with Crippen molar-refractivity contribution in [3.63, 3.8) is 0 Å². The van der Waals surface area contributed by atoms with Crippen LogP contribution < -0.4 is 4.74 Å². The largest absolute Gasteiger partial charge is 0.480 e. The molecular weight excluding hydrogens is 226 g/mol. The summed E-state index contributed by atoms with van der Waals surface area (Å²) in [4.78, 5) is 14.4. The second-order valence-electron chi connectivity index (χ2n) is 2.00. The molecule has 0 atom stereocenters. The molecule has 0 saturated carbocycles. The Morgan fingerprint density at radius 3 is 2.83 bits per heavy atom. The van der Waals surface area contributed by atoms with E-state index in [1.807, 2.05) is 0 Å². The van der Waals surface area contributed by atoms with Crippen LogP contribution in [0.5, 0.6) is 5.88 Å². The molecule has 12 heavy (non-hydrogen) atoms. The highest BCUT2D eigenvalue weighted by Crippen LogP contribution is 2.18. The average Bonchev–Trinajstić information content (AvgIpc) is 2.03. The standard InChI is InChI=1S/C7H6BrNO3/c1-12-6-4(7(10)11)2-3-5(8)9-6/h2-3H,1H3,(H,10,11). The van der Waals surface area contributed by atoms with Crippen LogP contribution in [0.2, 0.25) is 0 Å². The van der Waals surface area contributed by atoms with E-state index in [0.717, 1.165) is 0 Å². The lowest BCUT2D eigenvalue weighted by Gasteiger charge is -2.02. The zero-order valence-electron chi connectivity index (χ0n) is 6.24. The van der Waals surface area contributed by atoms with Gasteiger partial charge in [0.1, 0.15) is 10.2 Å².